The number of esters is 1. The Morgan fingerprint density at radius 1 is 1.17 bits per heavy atom. The van der Waals surface area contributed by atoms with Gasteiger partial charge in [-0.1, -0.05) is 35.9 Å². The molecule has 0 saturated heterocycles. The van der Waals surface area contributed by atoms with Crippen LogP contribution in [0.15, 0.2) is 42.5 Å². The van der Waals surface area contributed by atoms with E-state index in [2.05, 4.69) is 4.74 Å². The van der Waals surface area contributed by atoms with Gasteiger partial charge < -0.3 is 9.84 Å². The number of carbonyl (C=O) groups is 1. The van der Waals surface area contributed by atoms with Crippen LogP contribution in [0.1, 0.15) is 10.4 Å². The van der Waals surface area contributed by atoms with Crippen molar-refractivity contribution in [3.63, 3.8) is 0 Å². The molecular weight excluding hydrogens is 252 g/mol. The molecule has 0 bridgehead atoms. The molecule has 0 fully saturated rings. The van der Waals surface area contributed by atoms with Crippen LogP contribution in [0.25, 0.3) is 11.1 Å². The van der Waals surface area contributed by atoms with Crippen LogP contribution in [0.3, 0.4) is 0 Å². The van der Waals surface area contributed by atoms with E-state index in [1.807, 2.05) is 0 Å². The average molecular weight is 263 g/mol. The number of hydrogen-bond donors (Lipinski definition) is 1. The predicted octanol–water partition coefficient (Wildman–Crippen LogP) is 3.50. The van der Waals surface area contributed by atoms with E-state index in [0.717, 1.165) is 5.56 Å². The molecule has 0 spiro atoms. The lowest BCUT2D eigenvalue weighted by atomic mass is 10.0. The summed E-state index contributed by atoms with van der Waals surface area (Å²) in [6, 6.07) is 11.9. The van der Waals surface area contributed by atoms with Gasteiger partial charge in [0.05, 0.1) is 7.11 Å². The maximum atomic E-state index is 11.5. The van der Waals surface area contributed by atoms with Crippen LogP contribution in [0, 0.1) is 0 Å². The third kappa shape index (κ3) is 2.31. The fraction of sp³-hybridized carbons (Fsp3) is 0.0714. The van der Waals surface area contributed by atoms with Crippen molar-refractivity contribution in [3.8, 4) is 16.9 Å². The molecule has 1 N–H and O–H groups in total. The summed E-state index contributed by atoms with van der Waals surface area (Å²) in [5.41, 5.74) is 1.49. The molecule has 18 heavy (non-hydrogen) atoms. The van der Waals surface area contributed by atoms with E-state index in [-0.39, 0.29) is 11.3 Å². The van der Waals surface area contributed by atoms with Gasteiger partial charge in [0.2, 0.25) is 0 Å². The molecule has 0 saturated carbocycles. The Balaban J connectivity index is 2.52. The summed E-state index contributed by atoms with van der Waals surface area (Å²) in [5.74, 6) is -0.657. The summed E-state index contributed by atoms with van der Waals surface area (Å²) < 4.78 is 4.61. The molecule has 3 nitrogen and oxygen atoms in total. The number of phenolic OH excluding ortho intramolecular Hbond substituents is 1. The summed E-state index contributed by atoms with van der Waals surface area (Å²) in [6.45, 7) is 0. The largest absolute Gasteiger partial charge is 0.506 e. The highest BCUT2D eigenvalue weighted by molar-refractivity contribution is 6.30. The zero-order valence-corrected chi connectivity index (χ0v) is 10.4. The van der Waals surface area contributed by atoms with Gasteiger partial charge in [0.1, 0.15) is 11.3 Å². The molecule has 0 atom stereocenters. The maximum absolute atomic E-state index is 11.5. The molecule has 0 radical (unpaired) electrons. The second-order valence-corrected chi connectivity index (χ2v) is 4.14. The van der Waals surface area contributed by atoms with Crippen molar-refractivity contribution < 1.29 is 14.6 Å². The molecule has 0 aromatic heterocycles. The second kappa shape index (κ2) is 5.10. The minimum absolute atomic E-state index is 0.0910. The van der Waals surface area contributed by atoms with E-state index in [4.69, 9.17) is 11.6 Å². The highest BCUT2D eigenvalue weighted by atomic mass is 35.5. The van der Waals surface area contributed by atoms with Crippen LogP contribution in [0.5, 0.6) is 5.75 Å². The zero-order valence-electron chi connectivity index (χ0n) is 9.68. The highest BCUT2D eigenvalue weighted by Crippen LogP contribution is 2.32. The number of aromatic hydroxyl groups is 1. The van der Waals surface area contributed by atoms with Gasteiger partial charge in [-0.05, 0) is 23.8 Å². The third-order valence-corrected chi connectivity index (χ3v) is 2.85. The lowest BCUT2D eigenvalue weighted by molar-refractivity contribution is 0.0597. The molecule has 2 rings (SSSR count). The number of phenols is 1. The normalized spacial score (nSPS) is 10.1. The van der Waals surface area contributed by atoms with E-state index in [1.54, 1.807) is 36.4 Å². The van der Waals surface area contributed by atoms with Crippen LogP contribution >= 0.6 is 11.6 Å². The number of methoxy groups -OCH3 is 1. The Kier molecular flexibility index (Phi) is 3.53. The van der Waals surface area contributed by atoms with E-state index < -0.39 is 5.97 Å². The second-order valence-electron chi connectivity index (χ2n) is 3.70. The first-order chi connectivity index (χ1) is 8.63. The number of ether oxygens (including phenoxy) is 1. The summed E-state index contributed by atoms with van der Waals surface area (Å²) in [6.07, 6.45) is 0. The summed E-state index contributed by atoms with van der Waals surface area (Å²) in [7, 11) is 1.27. The minimum atomic E-state index is -0.566. The molecule has 0 unspecified atom stereocenters. The standard InChI is InChI=1S/C14H11ClO3/c1-18-14(17)12-4-2-3-11(13(12)16)9-5-7-10(15)8-6-9/h2-8,16H,1H3. The fourth-order valence-corrected chi connectivity index (χ4v) is 1.81. The summed E-state index contributed by atoms with van der Waals surface area (Å²) >= 11 is 5.81. The first kappa shape index (κ1) is 12.5. The average Bonchev–Trinajstić information content (AvgIpc) is 2.39. The van der Waals surface area contributed by atoms with Crippen LogP contribution in [-0.4, -0.2) is 18.2 Å². The molecule has 0 aliphatic carbocycles. The van der Waals surface area contributed by atoms with Gasteiger partial charge in [0.15, 0.2) is 0 Å². The van der Waals surface area contributed by atoms with E-state index in [0.29, 0.717) is 10.6 Å². The number of halogens is 1. The van der Waals surface area contributed by atoms with Gasteiger partial charge in [-0.3, -0.25) is 0 Å². The quantitative estimate of drug-likeness (QED) is 0.843. The monoisotopic (exact) mass is 262 g/mol. The van der Waals surface area contributed by atoms with Crippen molar-refractivity contribution in [3.05, 3.63) is 53.1 Å². The van der Waals surface area contributed by atoms with Crippen molar-refractivity contribution in [2.24, 2.45) is 0 Å². The van der Waals surface area contributed by atoms with Gasteiger partial charge in [-0.25, -0.2) is 4.79 Å². The van der Waals surface area contributed by atoms with Crippen molar-refractivity contribution >= 4 is 17.6 Å². The van der Waals surface area contributed by atoms with Crippen LogP contribution in [-0.2, 0) is 4.74 Å². The zero-order chi connectivity index (χ0) is 13.1. The van der Waals surface area contributed by atoms with Gasteiger partial charge in [0.25, 0.3) is 0 Å². The lowest BCUT2D eigenvalue weighted by Gasteiger charge is -2.08. The van der Waals surface area contributed by atoms with Gasteiger partial charge in [0, 0.05) is 10.6 Å². The molecular formula is C14H11ClO3. The molecule has 2 aromatic rings. The number of hydrogen-bond acceptors (Lipinski definition) is 3. The van der Waals surface area contributed by atoms with Crippen LogP contribution in [0.4, 0.5) is 0 Å². The van der Waals surface area contributed by atoms with Gasteiger partial charge in [-0.15, -0.1) is 0 Å². The van der Waals surface area contributed by atoms with E-state index in [1.165, 1.54) is 13.2 Å². The first-order valence-electron chi connectivity index (χ1n) is 5.29. The number of carbonyl (C=O) groups excluding carboxylic acids is 1. The van der Waals surface area contributed by atoms with Gasteiger partial charge in [-0.2, -0.15) is 0 Å². The molecule has 2 aromatic carbocycles. The SMILES string of the molecule is COC(=O)c1cccc(-c2ccc(Cl)cc2)c1O. The summed E-state index contributed by atoms with van der Waals surface area (Å²) in [4.78, 5) is 11.5. The van der Waals surface area contributed by atoms with E-state index >= 15 is 0 Å². The molecule has 0 heterocycles. The molecule has 92 valence electrons. The van der Waals surface area contributed by atoms with Gasteiger partial charge >= 0.3 is 5.97 Å². The highest BCUT2D eigenvalue weighted by Gasteiger charge is 2.15. The lowest BCUT2D eigenvalue weighted by Crippen LogP contribution is -2.01. The molecule has 0 amide bonds. The Morgan fingerprint density at radius 3 is 2.44 bits per heavy atom. The van der Waals surface area contributed by atoms with E-state index in [9.17, 15) is 9.90 Å². The maximum Gasteiger partial charge on any atom is 0.341 e. The Hall–Kier alpha value is -2.00. The Labute approximate surface area is 110 Å². The fourth-order valence-electron chi connectivity index (χ4n) is 1.68. The Bertz CT molecular complexity index is 576. The van der Waals surface area contributed by atoms with Crippen molar-refractivity contribution in [2.45, 2.75) is 0 Å². The topological polar surface area (TPSA) is 46.5 Å². The van der Waals surface area contributed by atoms with Crippen LogP contribution in [0.2, 0.25) is 5.02 Å². The predicted molar refractivity (Wildman–Crippen MR) is 69.9 cm³/mol. The smallest absolute Gasteiger partial charge is 0.341 e. The third-order valence-electron chi connectivity index (χ3n) is 2.60. The number of para-hydroxylation sites is 1. The van der Waals surface area contributed by atoms with Crippen molar-refractivity contribution in [2.75, 3.05) is 7.11 Å². The first-order valence-corrected chi connectivity index (χ1v) is 5.67. The van der Waals surface area contributed by atoms with Crippen molar-refractivity contribution in [1.29, 1.82) is 0 Å². The minimum Gasteiger partial charge on any atom is -0.506 e. The van der Waals surface area contributed by atoms with Crippen LogP contribution < -0.4 is 0 Å². The Morgan fingerprint density at radius 2 is 1.83 bits per heavy atom. The molecule has 0 aliphatic rings. The number of benzene rings is 2. The van der Waals surface area contributed by atoms with Crippen molar-refractivity contribution in [1.82, 2.24) is 0 Å². The molecule has 0 aliphatic heterocycles. The number of rotatable bonds is 2. The summed E-state index contributed by atoms with van der Waals surface area (Å²) in [5, 5.41) is 10.7. The molecule has 4 heteroatoms.